The molecular weight excluding hydrogens is 452 g/mol. The topological polar surface area (TPSA) is 77.1 Å². The molecule has 1 heterocycles. The lowest BCUT2D eigenvalue weighted by Crippen LogP contribution is -2.40. The Bertz CT molecular complexity index is 1190. The number of ether oxygens (including phenoxy) is 2. The van der Waals surface area contributed by atoms with E-state index in [1.807, 2.05) is 78.9 Å². The Morgan fingerprint density at radius 3 is 2.59 bits per heavy atom. The van der Waals surface area contributed by atoms with Crippen molar-refractivity contribution in [3.63, 3.8) is 0 Å². The summed E-state index contributed by atoms with van der Waals surface area (Å²) < 4.78 is 40.5. The van der Waals surface area contributed by atoms with Crippen LogP contribution in [0.1, 0.15) is 22.7 Å². The van der Waals surface area contributed by atoms with E-state index in [0.717, 1.165) is 22.4 Å². The average molecular weight is 483 g/mol. The molecule has 3 aromatic carbocycles. The zero-order chi connectivity index (χ0) is 24.0. The minimum absolute atomic E-state index is 0.0836. The van der Waals surface area contributed by atoms with Crippen molar-refractivity contribution in [2.45, 2.75) is 24.3 Å². The number of hydroxylamine groups is 2. The molecule has 7 nitrogen and oxygen atoms in total. The van der Waals surface area contributed by atoms with Crippen molar-refractivity contribution in [2.24, 2.45) is 0 Å². The lowest BCUT2D eigenvalue weighted by atomic mass is 10.0. The third-order valence-corrected chi connectivity index (χ3v) is 7.72. The van der Waals surface area contributed by atoms with E-state index in [1.165, 1.54) is 0 Å². The van der Waals surface area contributed by atoms with Gasteiger partial charge >= 0.3 is 0 Å². The monoisotopic (exact) mass is 482 g/mol. The Hall–Kier alpha value is -2.91. The molecular formula is C26H30N2O5S. The number of nitrogens with one attached hydrogen (secondary N) is 1. The summed E-state index contributed by atoms with van der Waals surface area (Å²) in [6.45, 7) is 0.795. The van der Waals surface area contributed by atoms with E-state index < -0.39 is 21.3 Å². The second kappa shape index (κ2) is 11.0. The van der Waals surface area contributed by atoms with Crippen LogP contribution < -0.4 is 14.2 Å². The normalized spacial score (nSPS) is 18.6. The van der Waals surface area contributed by atoms with Gasteiger partial charge in [0, 0.05) is 13.6 Å². The molecule has 0 unspecified atom stereocenters. The van der Waals surface area contributed by atoms with Crippen molar-refractivity contribution in [2.75, 3.05) is 27.3 Å². The number of nitrogens with zero attached hydrogens (tertiary/aromatic N) is 1. The molecule has 1 N–H and O–H groups in total. The molecule has 0 aliphatic carbocycles. The Balaban J connectivity index is 1.44. The van der Waals surface area contributed by atoms with Gasteiger partial charge in [0.2, 0.25) is 10.0 Å². The fourth-order valence-corrected chi connectivity index (χ4v) is 5.66. The predicted octanol–water partition coefficient (Wildman–Crippen LogP) is 3.72. The molecule has 0 amide bonds. The third kappa shape index (κ3) is 5.77. The van der Waals surface area contributed by atoms with Crippen LogP contribution in [0.15, 0.2) is 78.9 Å². The molecule has 0 spiro atoms. The summed E-state index contributed by atoms with van der Waals surface area (Å²) in [5, 5.41) is 0.861. The van der Waals surface area contributed by atoms with E-state index in [1.54, 1.807) is 19.2 Å². The second-order valence-corrected chi connectivity index (χ2v) is 10.2. The molecule has 2 atom stereocenters. The van der Waals surface area contributed by atoms with Crippen molar-refractivity contribution in [3.8, 4) is 11.5 Å². The zero-order valence-corrected chi connectivity index (χ0v) is 20.2. The van der Waals surface area contributed by atoms with Gasteiger partial charge in [-0.1, -0.05) is 60.7 Å². The average Bonchev–Trinajstić information content (AvgIpc) is 3.26. The van der Waals surface area contributed by atoms with Gasteiger partial charge in [-0.15, -0.1) is 0 Å². The van der Waals surface area contributed by atoms with Crippen LogP contribution in [0.25, 0.3) is 0 Å². The van der Waals surface area contributed by atoms with Crippen molar-refractivity contribution in [1.29, 1.82) is 0 Å². The van der Waals surface area contributed by atoms with Gasteiger partial charge in [0.05, 0.1) is 19.8 Å². The van der Waals surface area contributed by atoms with Crippen LogP contribution in [0.3, 0.4) is 0 Å². The number of benzene rings is 3. The lowest BCUT2D eigenvalue weighted by molar-refractivity contribution is -0.110. The van der Waals surface area contributed by atoms with Crippen LogP contribution in [-0.2, 0) is 27.9 Å². The molecule has 0 saturated carbocycles. The van der Waals surface area contributed by atoms with Crippen LogP contribution in [0.2, 0.25) is 0 Å². The Kier molecular flexibility index (Phi) is 7.84. The molecule has 1 fully saturated rings. The molecule has 0 radical (unpaired) electrons. The third-order valence-electron chi connectivity index (χ3n) is 5.92. The molecule has 8 heteroatoms. The first-order chi connectivity index (χ1) is 16.5. The summed E-state index contributed by atoms with van der Waals surface area (Å²) >= 11 is 0. The maximum atomic E-state index is 13.2. The Morgan fingerprint density at radius 2 is 1.79 bits per heavy atom. The Labute approximate surface area is 201 Å². The van der Waals surface area contributed by atoms with Gasteiger partial charge in [0.1, 0.15) is 23.4 Å². The van der Waals surface area contributed by atoms with E-state index in [-0.39, 0.29) is 13.2 Å². The van der Waals surface area contributed by atoms with Gasteiger partial charge < -0.3 is 9.47 Å². The van der Waals surface area contributed by atoms with Gasteiger partial charge in [-0.25, -0.2) is 13.1 Å². The Morgan fingerprint density at radius 1 is 1.03 bits per heavy atom. The molecule has 0 bridgehead atoms. The van der Waals surface area contributed by atoms with E-state index in [0.29, 0.717) is 18.8 Å². The summed E-state index contributed by atoms with van der Waals surface area (Å²) in [6.07, 6.45) is 0.528. The lowest BCUT2D eigenvalue weighted by Gasteiger charge is -2.23. The standard InChI is InChI=1S/C26H30N2O5S/c1-28-26(22-12-8-13-23(17-22)32-18-20-9-4-3-5-10-20)25(19-33-28)34(29,30)27-16-15-21-11-6-7-14-24(21)31-2/h3-14,17,25-27H,15-16,18-19H2,1-2H3/t25-,26-/m0/s1. The number of sulfonamides is 1. The molecule has 34 heavy (non-hydrogen) atoms. The number of hydrogen-bond donors (Lipinski definition) is 1. The highest BCUT2D eigenvalue weighted by Crippen LogP contribution is 2.34. The highest BCUT2D eigenvalue weighted by molar-refractivity contribution is 7.90. The second-order valence-electron chi connectivity index (χ2n) is 8.17. The molecule has 1 aliphatic rings. The molecule has 3 aromatic rings. The van der Waals surface area contributed by atoms with Crippen molar-refractivity contribution >= 4 is 10.0 Å². The highest BCUT2D eigenvalue weighted by Gasteiger charge is 2.43. The fraction of sp³-hybridized carbons (Fsp3) is 0.308. The summed E-state index contributed by atoms with van der Waals surface area (Å²) in [7, 11) is -0.282. The smallest absolute Gasteiger partial charge is 0.218 e. The number of rotatable bonds is 10. The maximum Gasteiger partial charge on any atom is 0.218 e. The SMILES string of the molecule is COc1ccccc1CCNS(=O)(=O)[C@H]1CON(C)[C@H]1c1cccc(OCc2ccccc2)c1. The van der Waals surface area contributed by atoms with Crippen LogP contribution in [0.4, 0.5) is 0 Å². The molecule has 4 rings (SSSR count). The quantitative estimate of drug-likeness (QED) is 0.475. The zero-order valence-electron chi connectivity index (χ0n) is 19.4. The van der Waals surface area contributed by atoms with Gasteiger partial charge in [-0.2, -0.15) is 5.06 Å². The summed E-state index contributed by atoms with van der Waals surface area (Å²) in [5.41, 5.74) is 2.84. The van der Waals surface area contributed by atoms with E-state index >= 15 is 0 Å². The van der Waals surface area contributed by atoms with Gasteiger partial charge in [0.15, 0.2) is 0 Å². The van der Waals surface area contributed by atoms with Gasteiger partial charge in [0.25, 0.3) is 0 Å². The first-order valence-corrected chi connectivity index (χ1v) is 12.8. The molecule has 180 valence electrons. The first kappa shape index (κ1) is 24.2. The summed E-state index contributed by atoms with van der Waals surface area (Å²) in [5.74, 6) is 1.43. The summed E-state index contributed by atoms with van der Waals surface area (Å²) in [4.78, 5) is 5.64. The van der Waals surface area contributed by atoms with Gasteiger partial charge in [-0.05, 0) is 41.3 Å². The van der Waals surface area contributed by atoms with E-state index in [9.17, 15) is 8.42 Å². The fourth-order valence-electron chi connectivity index (χ4n) is 4.15. The molecule has 1 aliphatic heterocycles. The molecule has 1 saturated heterocycles. The highest BCUT2D eigenvalue weighted by atomic mass is 32.2. The summed E-state index contributed by atoms with van der Waals surface area (Å²) in [6, 6.07) is 24.6. The van der Waals surface area contributed by atoms with Crippen molar-refractivity contribution < 1.29 is 22.7 Å². The minimum Gasteiger partial charge on any atom is -0.496 e. The maximum absolute atomic E-state index is 13.2. The van der Waals surface area contributed by atoms with Crippen LogP contribution in [0, 0.1) is 0 Å². The predicted molar refractivity (Wildman–Crippen MR) is 131 cm³/mol. The van der Waals surface area contributed by atoms with Crippen LogP contribution in [0.5, 0.6) is 11.5 Å². The largest absolute Gasteiger partial charge is 0.496 e. The first-order valence-electron chi connectivity index (χ1n) is 11.2. The molecule has 0 aromatic heterocycles. The van der Waals surface area contributed by atoms with Crippen LogP contribution >= 0.6 is 0 Å². The van der Waals surface area contributed by atoms with Crippen molar-refractivity contribution in [1.82, 2.24) is 9.79 Å². The van der Waals surface area contributed by atoms with E-state index in [4.69, 9.17) is 14.3 Å². The van der Waals surface area contributed by atoms with Gasteiger partial charge in [-0.3, -0.25) is 4.84 Å². The van der Waals surface area contributed by atoms with E-state index in [2.05, 4.69) is 4.72 Å². The number of methoxy groups -OCH3 is 1. The number of hydrogen-bond acceptors (Lipinski definition) is 6. The van der Waals surface area contributed by atoms with Crippen LogP contribution in [-0.4, -0.2) is 46.0 Å². The minimum atomic E-state index is -3.65. The van der Waals surface area contributed by atoms with Crippen molar-refractivity contribution in [3.05, 3.63) is 95.6 Å². The number of para-hydroxylation sites is 1.